The van der Waals surface area contributed by atoms with Crippen LogP contribution in [0.25, 0.3) is 0 Å². The lowest BCUT2D eigenvalue weighted by molar-refractivity contribution is -0.385. The van der Waals surface area contributed by atoms with Crippen LogP contribution in [0.5, 0.6) is 0 Å². The van der Waals surface area contributed by atoms with Crippen LogP contribution >= 0.6 is 0 Å². The van der Waals surface area contributed by atoms with E-state index in [-0.39, 0.29) is 29.6 Å². The highest BCUT2D eigenvalue weighted by Gasteiger charge is 2.32. The molecule has 1 aliphatic rings. The Morgan fingerprint density at radius 1 is 1.27 bits per heavy atom. The van der Waals surface area contributed by atoms with E-state index < -0.39 is 14.9 Å². The number of benzene rings is 1. The molecule has 9 heteroatoms. The molecule has 1 fully saturated rings. The highest BCUT2D eigenvalue weighted by atomic mass is 32.2. The number of carbonyl (C=O) groups excluding carboxylic acids is 1. The number of rotatable bonds is 5. The molecular formula is C17H23N3O5S. The molecule has 26 heavy (non-hydrogen) atoms. The number of sulfonamides is 1. The first-order valence-electron chi connectivity index (χ1n) is 8.39. The van der Waals surface area contributed by atoms with Gasteiger partial charge in [0.15, 0.2) is 0 Å². The largest absolute Gasteiger partial charge is 0.336 e. The minimum absolute atomic E-state index is 0.0615. The predicted octanol–water partition coefficient (Wildman–Crippen LogP) is 2.09. The Morgan fingerprint density at radius 2 is 1.88 bits per heavy atom. The highest BCUT2D eigenvalue weighted by Crippen LogP contribution is 2.25. The summed E-state index contributed by atoms with van der Waals surface area (Å²) in [6.45, 7) is 6.21. The molecule has 2 rings (SSSR count). The zero-order valence-corrected chi connectivity index (χ0v) is 16.0. The molecule has 1 heterocycles. The average Bonchev–Trinajstić information content (AvgIpc) is 2.61. The summed E-state index contributed by atoms with van der Waals surface area (Å²) >= 11 is 0. The van der Waals surface area contributed by atoms with Gasteiger partial charge in [-0.25, -0.2) is 8.42 Å². The van der Waals surface area contributed by atoms with Crippen molar-refractivity contribution in [2.75, 3.05) is 26.2 Å². The molecule has 1 aliphatic heterocycles. The van der Waals surface area contributed by atoms with Gasteiger partial charge in [-0.3, -0.25) is 14.9 Å². The van der Waals surface area contributed by atoms with Gasteiger partial charge in [0.1, 0.15) is 0 Å². The van der Waals surface area contributed by atoms with E-state index in [9.17, 15) is 23.3 Å². The summed E-state index contributed by atoms with van der Waals surface area (Å²) in [5.74, 6) is -0.0876. The molecule has 142 valence electrons. The normalized spacial score (nSPS) is 16.6. The minimum atomic E-state index is -3.85. The number of non-ortho nitro benzene ring substituents is 1. The number of nitro benzene ring substituents is 1. The maximum atomic E-state index is 12.9. The van der Waals surface area contributed by atoms with Gasteiger partial charge in [0.05, 0.1) is 9.82 Å². The topological polar surface area (TPSA) is 101 Å². The fourth-order valence-corrected chi connectivity index (χ4v) is 4.56. The molecule has 1 aromatic carbocycles. The lowest BCUT2D eigenvalue weighted by atomic mass is 10.2. The van der Waals surface area contributed by atoms with Crippen LogP contribution in [0.2, 0.25) is 0 Å². The van der Waals surface area contributed by atoms with E-state index in [4.69, 9.17) is 0 Å². The van der Waals surface area contributed by atoms with Crippen molar-refractivity contribution in [1.82, 2.24) is 9.21 Å². The van der Waals surface area contributed by atoms with Crippen molar-refractivity contribution in [2.24, 2.45) is 0 Å². The Kier molecular flexibility index (Phi) is 6.14. The van der Waals surface area contributed by atoms with E-state index in [0.717, 1.165) is 12.5 Å². The quantitative estimate of drug-likeness (QED) is 0.442. The number of nitrogens with zero attached hydrogens (tertiary/aromatic N) is 3. The Morgan fingerprint density at radius 3 is 2.42 bits per heavy atom. The standard InChI is InChI=1S/C17H23N3O5S/c1-4-5-14(3)17(21)18-8-10-19(11-9-18)26(24,25)16-12-15(20(22)23)7-6-13(16)2/h5-7,12H,4,8-11H2,1-3H3/b14-5-. The summed E-state index contributed by atoms with van der Waals surface area (Å²) in [7, 11) is -3.85. The minimum Gasteiger partial charge on any atom is -0.336 e. The van der Waals surface area contributed by atoms with Crippen molar-refractivity contribution in [1.29, 1.82) is 0 Å². The van der Waals surface area contributed by atoms with Gasteiger partial charge < -0.3 is 4.90 Å². The van der Waals surface area contributed by atoms with Crippen LogP contribution in [-0.2, 0) is 14.8 Å². The molecule has 0 aromatic heterocycles. The third-order valence-corrected chi connectivity index (χ3v) is 6.41. The molecule has 8 nitrogen and oxygen atoms in total. The summed E-state index contributed by atoms with van der Waals surface area (Å²) in [6, 6.07) is 3.81. The predicted molar refractivity (Wildman–Crippen MR) is 97.2 cm³/mol. The zero-order valence-electron chi connectivity index (χ0n) is 15.1. The SMILES string of the molecule is CC/C=C(/C)C(=O)N1CCN(S(=O)(=O)c2cc([N+](=O)[O-])ccc2C)CC1. The maximum Gasteiger partial charge on any atom is 0.270 e. The zero-order chi connectivity index (χ0) is 19.5. The Hall–Kier alpha value is -2.26. The Bertz CT molecular complexity index is 840. The van der Waals surface area contributed by atoms with Gasteiger partial charge in [-0.05, 0) is 25.8 Å². The highest BCUT2D eigenvalue weighted by molar-refractivity contribution is 7.89. The smallest absolute Gasteiger partial charge is 0.270 e. The van der Waals surface area contributed by atoms with Crippen LogP contribution in [0, 0.1) is 17.0 Å². The number of amides is 1. The molecule has 0 saturated carbocycles. The van der Waals surface area contributed by atoms with Gasteiger partial charge in [-0.2, -0.15) is 4.31 Å². The molecule has 0 unspecified atom stereocenters. The number of aryl methyl sites for hydroxylation is 1. The molecule has 0 spiro atoms. The van der Waals surface area contributed by atoms with Gasteiger partial charge >= 0.3 is 0 Å². The van der Waals surface area contributed by atoms with Crippen molar-refractivity contribution in [3.63, 3.8) is 0 Å². The Balaban J connectivity index is 2.18. The number of carbonyl (C=O) groups is 1. The van der Waals surface area contributed by atoms with Crippen LogP contribution in [0.3, 0.4) is 0 Å². The molecule has 0 aliphatic carbocycles. The van der Waals surface area contributed by atoms with E-state index in [1.54, 1.807) is 18.7 Å². The fraction of sp³-hybridized carbons (Fsp3) is 0.471. The van der Waals surface area contributed by atoms with Crippen molar-refractivity contribution < 1.29 is 18.1 Å². The number of hydrogen-bond acceptors (Lipinski definition) is 5. The van der Waals surface area contributed by atoms with E-state index in [0.29, 0.717) is 24.2 Å². The second kappa shape index (κ2) is 7.96. The third kappa shape index (κ3) is 4.10. The fourth-order valence-electron chi connectivity index (χ4n) is 2.89. The van der Waals surface area contributed by atoms with Crippen molar-refractivity contribution in [3.8, 4) is 0 Å². The van der Waals surface area contributed by atoms with Gasteiger partial charge in [0.25, 0.3) is 5.69 Å². The van der Waals surface area contributed by atoms with Crippen LogP contribution in [0.1, 0.15) is 25.8 Å². The summed E-state index contributed by atoms with van der Waals surface area (Å²) in [5.41, 5.74) is 0.845. The second-order valence-corrected chi connectivity index (χ2v) is 8.10. The van der Waals surface area contributed by atoms with Crippen LogP contribution in [0.4, 0.5) is 5.69 Å². The summed E-state index contributed by atoms with van der Waals surface area (Å²) in [4.78, 5) is 24.2. The lowest BCUT2D eigenvalue weighted by Gasteiger charge is -2.34. The first-order chi connectivity index (χ1) is 12.2. The van der Waals surface area contributed by atoms with Crippen molar-refractivity contribution >= 4 is 21.6 Å². The maximum absolute atomic E-state index is 12.9. The summed E-state index contributed by atoms with van der Waals surface area (Å²) in [5, 5.41) is 11.0. The van der Waals surface area contributed by atoms with Gasteiger partial charge in [0.2, 0.25) is 15.9 Å². The van der Waals surface area contributed by atoms with E-state index >= 15 is 0 Å². The van der Waals surface area contributed by atoms with Crippen LogP contribution < -0.4 is 0 Å². The number of hydrogen-bond donors (Lipinski definition) is 0. The van der Waals surface area contributed by atoms with Crippen molar-refractivity contribution in [2.45, 2.75) is 32.1 Å². The number of allylic oxidation sites excluding steroid dienone is 1. The molecular weight excluding hydrogens is 358 g/mol. The van der Waals surface area contributed by atoms with Gasteiger partial charge in [0, 0.05) is 43.9 Å². The number of piperazine rings is 1. The molecule has 0 radical (unpaired) electrons. The van der Waals surface area contributed by atoms with Crippen molar-refractivity contribution in [3.05, 3.63) is 45.5 Å². The monoisotopic (exact) mass is 381 g/mol. The first-order valence-corrected chi connectivity index (χ1v) is 9.83. The lowest BCUT2D eigenvalue weighted by Crippen LogP contribution is -2.50. The van der Waals surface area contributed by atoms with Crippen LogP contribution in [-0.4, -0.2) is 54.6 Å². The molecule has 0 atom stereocenters. The second-order valence-electron chi connectivity index (χ2n) is 6.20. The Labute approximate surface area is 153 Å². The molecule has 1 amide bonds. The number of nitro groups is 1. The average molecular weight is 381 g/mol. The van der Waals surface area contributed by atoms with Gasteiger partial charge in [-0.15, -0.1) is 0 Å². The van der Waals surface area contributed by atoms with E-state index in [2.05, 4.69) is 0 Å². The van der Waals surface area contributed by atoms with E-state index in [1.807, 2.05) is 13.0 Å². The molecule has 0 N–H and O–H groups in total. The first kappa shape index (κ1) is 20.1. The third-order valence-electron chi connectivity index (χ3n) is 4.37. The van der Waals surface area contributed by atoms with Crippen LogP contribution in [0.15, 0.2) is 34.7 Å². The van der Waals surface area contributed by atoms with E-state index in [1.165, 1.54) is 16.4 Å². The molecule has 0 bridgehead atoms. The molecule has 1 aromatic rings. The van der Waals surface area contributed by atoms with Gasteiger partial charge in [-0.1, -0.05) is 19.1 Å². The molecule has 1 saturated heterocycles. The summed E-state index contributed by atoms with van der Waals surface area (Å²) < 4.78 is 27.0. The summed E-state index contributed by atoms with van der Waals surface area (Å²) in [6.07, 6.45) is 2.61.